The minimum Gasteiger partial charge on any atom is -0.493 e. The van der Waals surface area contributed by atoms with Gasteiger partial charge in [0, 0.05) is 12.6 Å². The van der Waals surface area contributed by atoms with Crippen LogP contribution in [-0.2, 0) is 11.2 Å². The van der Waals surface area contributed by atoms with Crippen LogP contribution in [0.5, 0.6) is 11.5 Å². The van der Waals surface area contributed by atoms with Crippen molar-refractivity contribution in [1.82, 2.24) is 4.90 Å². The van der Waals surface area contributed by atoms with Crippen molar-refractivity contribution in [3.63, 3.8) is 0 Å². The van der Waals surface area contributed by atoms with E-state index in [1.54, 1.807) is 27.2 Å². The molecular weight excluding hydrogens is 374 g/mol. The molecule has 0 spiro atoms. The van der Waals surface area contributed by atoms with E-state index in [-0.39, 0.29) is 23.8 Å². The van der Waals surface area contributed by atoms with Gasteiger partial charge >= 0.3 is 0 Å². The zero-order valence-electron chi connectivity index (χ0n) is 17.4. The number of aryl methyl sites for hydroxylation is 1. The number of likely N-dealkylation sites (N-methyl/N-ethyl adjacent to an activating group) is 1. The van der Waals surface area contributed by atoms with E-state index < -0.39 is 4.92 Å². The van der Waals surface area contributed by atoms with Crippen LogP contribution in [0, 0.1) is 24.0 Å². The number of carbonyl (C=O) groups excluding carboxylic acids is 1. The van der Waals surface area contributed by atoms with E-state index in [0.717, 1.165) is 11.1 Å². The first-order valence-corrected chi connectivity index (χ1v) is 9.20. The molecule has 0 aliphatic rings. The highest BCUT2D eigenvalue weighted by atomic mass is 16.6. The van der Waals surface area contributed by atoms with Crippen molar-refractivity contribution in [2.24, 2.45) is 0 Å². The number of hydrogen-bond acceptors (Lipinski definition) is 6. The van der Waals surface area contributed by atoms with Crippen molar-refractivity contribution in [2.75, 3.05) is 39.7 Å². The SMILES string of the molecule is COc1ccc(CCN(C)CC(=O)Nc2c([N+](=O)[O-])ccc(C)c2C)cc1OC. The summed E-state index contributed by atoms with van der Waals surface area (Å²) in [6.45, 7) is 4.37. The van der Waals surface area contributed by atoms with Crippen molar-refractivity contribution >= 4 is 17.3 Å². The second-order valence-corrected chi connectivity index (χ2v) is 6.88. The Bertz CT molecular complexity index is 898. The van der Waals surface area contributed by atoms with E-state index in [1.165, 1.54) is 6.07 Å². The fraction of sp³-hybridized carbons (Fsp3) is 0.381. The van der Waals surface area contributed by atoms with Crippen LogP contribution in [0.15, 0.2) is 30.3 Å². The van der Waals surface area contributed by atoms with Gasteiger partial charge < -0.3 is 14.8 Å². The Morgan fingerprint density at radius 1 is 1.14 bits per heavy atom. The third kappa shape index (κ3) is 5.68. The van der Waals surface area contributed by atoms with Gasteiger partial charge in [0.2, 0.25) is 5.91 Å². The average molecular weight is 401 g/mol. The molecule has 29 heavy (non-hydrogen) atoms. The number of rotatable bonds is 9. The highest BCUT2D eigenvalue weighted by Crippen LogP contribution is 2.30. The minimum atomic E-state index is -0.483. The van der Waals surface area contributed by atoms with Crippen LogP contribution in [0.3, 0.4) is 0 Å². The molecule has 2 rings (SSSR count). The lowest BCUT2D eigenvalue weighted by Gasteiger charge is -2.18. The van der Waals surface area contributed by atoms with Crippen LogP contribution in [0.1, 0.15) is 16.7 Å². The van der Waals surface area contributed by atoms with E-state index in [2.05, 4.69) is 5.32 Å². The molecule has 0 fully saturated rings. The van der Waals surface area contributed by atoms with E-state index in [4.69, 9.17) is 9.47 Å². The highest BCUT2D eigenvalue weighted by molar-refractivity contribution is 5.95. The van der Waals surface area contributed by atoms with Crippen LogP contribution in [-0.4, -0.2) is 50.1 Å². The lowest BCUT2D eigenvalue weighted by Crippen LogP contribution is -2.32. The first kappa shape index (κ1) is 22.2. The standard InChI is InChI=1S/C21H27N3O5/c1-14-6-8-17(24(26)27)21(15(14)2)22-20(25)13-23(3)11-10-16-7-9-18(28-4)19(12-16)29-5/h6-9,12H,10-11,13H2,1-5H3,(H,22,25). The fourth-order valence-electron chi connectivity index (χ4n) is 2.97. The largest absolute Gasteiger partial charge is 0.493 e. The monoisotopic (exact) mass is 401 g/mol. The molecule has 1 amide bonds. The van der Waals surface area contributed by atoms with Crippen LogP contribution in [0.2, 0.25) is 0 Å². The second-order valence-electron chi connectivity index (χ2n) is 6.88. The summed E-state index contributed by atoms with van der Waals surface area (Å²) in [6, 6.07) is 8.80. The number of amides is 1. The summed E-state index contributed by atoms with van der Waals surface area (Å²) in [5.74, 6) is 1.03. The topological polar surface area (TPSA) is 93.9 Å². The van der Waals surface area contributed by atoms with Gasteiger partial charge in [0.1, 0.15) is 5.69 Å². The number of benzene rings is 2. The zero-order valence-corrected chi connectivity index (χ0v) is 17.4. The molecule has 0 bridgehead atoms. The van der Waals surface area contributed by atoms with Crippen LogP contribution >= 0.6 is 0 Å². The molecule has 2 aromatic rings. The molecule has 0 saturated heterocycles. The van der Waals surface area contributed by atoms with Gasteiger partial charge in [-0.1, -0.05) is 12.1 Å². The molecule has 0 atom stereocenters. The predicted molar refractivity (Wildman–Crippen MR) is 112 cm³/mol. The maximum absolute atomic E-state index is 12.4. The zero-order chi connectivity index (χ0) is 21.6. The van der Waals surface area contributed by atoms with Gasteiger partial charge in [-0.15, -0.1) is 0 Å². The Balaban J connectivity index is 1.98. The number of anilines is 1. The third-order valence-corrected chi connectivity index (χ3v) is 4.82. The van der Waals surface area contributed by atoms with Gasteiger partial charge in [-0.05, 0) is 56.1 Å². The van der Waals surface area contributed by atoms with E-state index in [9.17, 15) is 14.9 Å². The van der Waals surface area contributed by atoms with Gasteiger partial charge in [0.05, 0.1) is 25.7 Å². The summed E-state index contributed by atoms with van der Waals surface area (Å²) in [5, 5.41) is 14.0. The Kier molecular flexibility index (Phi) is 7.55. The lowest BCUT2D eigenvalue weighted by molar-refractivity contribution is -0.384. The maximum Gasteiger partial charge on any atom is 0.293 e. The van der Waals surface area contributed by atoms with E-state index >= 15 is 0 Å². The molecular formula is C21H27N3O5. The van der Waals surface area contributed by atoms with Crippen LogP contribution < -0.4 is 14.8 Å². The molecule has 0 aromatic heterocycles. The molecule has 0 aliphatic heterocycles. The van der Waals surface area contributed by atoms with Crippen molar-refractivity contribution < 1.29 is 19.2 Å². The summed E-state index contributed by atoms with van der Waals surface area (Å²) in [7, 11) is 5.01. The Morgan fingerprint density at radius 2 is 1.83 bits per heavy atom. The molecule has 8 nitrogen and oxygen atoms in total. The molecule has 0 heterocycles. The molecule has 0 saturated carbocycles. The number of methoxy groups -OCH3 is 2. The number of nitrogens with one attached hydrogen (secondary N) is 1. The quantitative estimate of drug-likeness (QED) is 0.512. The van der Waals surface area contributed by atoms with Crippen molar-refractivity contribution in [2.45, 2.75) is 20.3 Å². The smallest absolute Gasteiger partial charge is 0.293 e. The molecule has 0 aliphatic carbocycles. The first-order valence-electron chi connectivity index (χ1n) is 9.20. The number of nitro benzene ring substituents is 1. The molecule has 0 unspecified atom stereocenters. The predicted octanol–water partition coefficient (Wildman–Crippen LogP) is 3.34. The summed E-state index contributed by atoms with van der Waals surface area (Å²) in [6.07, 6.45) is 0.716. The summed E-state index contributed by atoms with van der Waals surface area (Å²) < 4.78 is 10.5. The van der Waals surface area contributed by atoms with E-state index in [0.29, 0.717) is 30.0 Å². The molecule has 2 aromatic carbocycles. The minimum absolute atomic E-state index is 0.102. The first-order chi connectivity index (χ1) is 13.8. The van der Waals surface area contributed by atoms with Crippen molar-refractivity contribution in [1.29, 1.82) is 0 Å². The molecule has 1 N–H and O–H groups in total. The van der Waals surface area contributed by atoms with Crippen molar-refractivity contribution in [3.8, 4) is 11.5 Å². The van der Waals surface area contributed by atoms with Gasteiger partial charge in [-0.25, -0.2) is 0 Å². The fourth-order valence-corrected chi connectivity index (χ4v) is 2.97. The Morgan fingerprint density at radius 3 is 2.45 bits per heavy atom. The number of carbonyl (C=O) groups is 1. The highest BCUT2D eigenvalue weighted by Gasteiger charge is 2.20. The number of nitro groups is 1. The van der Waals surface area contributed by atoms with Gasteiger partial charge in [-0.3, -0.25) is 19.8 Å². The summed E-state index contributed by atoms with van der Waals surface area (Å²) >= 11 is 0. The number of nitrogens with zero attached hydrogens (tertiary/aromatic N) is 2. The van der Waals surface area contributed by atoms with E-state index in [1.807, 2.05) is 37.1 Å². The molecule has 8 heteroatoms. The Hall–Kier alpha value is -3.13. The van der Waals surface area contributed by atoms with Gasteiger partial charge in [0.25, 0.3) is 5.69 Å². The Labute approximate surface area is 170 Å². The number of hydrogen-bond donors (Lipinski definition) is 1. The second kappa shape index (κ2) is 9.88. The maximum atomic E-state index is 12.4. The van der Waals surface area contributed by atoms with Crippen LogP contribution in [0.25, 0.3) is 0 Å². The summed E-state index contributed by atoms with van der Waals surface area (Å²) in [4.78, 5) is 25.1. The molecule has 0 radical (unpaired) electrons. The van der Waals surface area contributed by atoms with Crippen LogP contribution in [0.4, 0.5) is 11.4 Å². The van der Waals surface area contributed by atoms with Gasteiger partial charge in [0.15, 0.2) is 11.5 Å². The average Bonchev–Trinajstić information content (AvgIpc) is 2.69. The van der Waals surface area contributed by atoms with Crippen molar-refractivity contribution in [3.05, 3.63) is 57.1 Å². The summed E-state index contributed by atoms with van der Waals surface area (Å²) in [5.41, 5.74) is 2.79. The normalized spacial score (nSPS) is 10.7. The molecule has 156 valence electrons. The number of ether oxygens (including phenoxy) is 2. The third-order valence-electron chi connectivity index (χ3n) is 4.82. The lowest BCUT2D eigenvalue weighted by atomic mass is 10.1. The van der Waals surface area contributed by atoms with Gasteiger partial charge in [-0.2, -0.15) is 0 Å².